The average molecular weight is 573 g/mol. The number of aryl methyl sites for hydroxylation is 1. The molecule has 12 heteroatoms. The third-order valence-electron chi connectivity index (χ3n) is 6.81. The molecule has 1 aliphatic heterocycles. The first-order valence-electron chi connectivity index (χ1n) is 13.1. The normalized spacial score (nSPS) is 15.7. The summed E-state index contributed by atoms with van der Waals surface area (Å²) in [5.74, 6) is -0.787. The number of aliphatic carboxylic acids is 1. The molecule has 1 amide bonds. The molecule has 0 unspecified atom stereocenters. The summed E-state index contributed by atoms with van der Waals surface area (Å²) in [4.78, 5) is 34.6. The van der Waals surface area contributed by atoms with E-state index in [-0.39, 0.29) is 23.9 Å². The lowest BCUT2D eigenvalue weighted by atomic mass is 9.84. The molecule has 0 spiro atoms. The van der Waals surface area contributed by atoms with Crippen LogP contribution >= 0.6 is 0 Å². The van der Waals surface area contributed by atoms with E-state index in [2.05, 4.69) is 20.0 Å². The van der Waals surface area contributed by atoms with Gasteiger partial charge >= 0.3 is 12.3 Å². The van der Waals surface area contributed by atoms with E-state index in [0.29, 0.717) is 43.7 Å². The van der Waals surface area contributed by atoms with Gasteiger partial charge in [-0.3, -0.25) is 14.6 Å². The summed E-state index contributed by atoms with van der Waals surface area (Å²) in [6.45, 7) is 4.27. The Morgan fingerprint density at radius 3 is 2.46 bits per heavy atom. The van der Waals surface area contributed by atoms with Crippen molar-refractivity contribution in [3.63, 3.8) is 0 Å². The summed E-state index contributed by atoms with van der Waals surface area (Å²) in [5, 5.41) is 12.1. The van der Waals surface area contributed by atoms with Gasteiger partial charge in [-0.2, -0.15) is 0 Å². The van der Waals surface area contributed by atoms with Crippen LogP contribution in [0.2, 0.25) is 0 Å². The second kappa shape index (κ2) is 12.4. The number of carbonyl (C=O) groups is 2. The summed E-state index contributed by atoms with van der Waals surface area (Å²) in [5.41, 5.74) is 0.563. The average Bonchev–Trinajstić information content (AvgIpc) is 2.93. The summed E-state index contributed by atoms with van der Waals surface area (Å²) in [6.07, 6.45) is -0.254. The fourth-order valence-electron chi connectivity index (χ4n) is 4.42. The minimum Gasteiger partial charge on any atom is -0.485 e. The van der Waals surface area contributed by atoms with E-state index in [1.807, 2.05) is 17.0 Å². The lowest BCUT2D eigenvalue weighted by Crippen LogP contribution is -2.41. The van der Waals surface area contributed by atoms with Gasteiger partial charge in [0.2, 0.25) is 5.91 Å². The van der Waals surface area contributed by atoms with Crippen molar-refractivity contribution in [2.75, 3.05) is 23.3 Å². The summed E-state index contributed by atoms with van der Waals surface area (Å²) < 4.78 is 48.3. The molecule has 1 atom stereocenters. The van der Waals surface area contributed by atoms with Crippen molar-refractivity contribution >= 4 is 23.5 Å². The third kappa shape index (κ3) is 8.09. The molecule has 2 aromatic carbocycles. The standard InChI is InChI=1S/C29H31F3N4O5/c1-28(2,27(38)39)20-12-9-19(10-13-20)11-14-26(37)35-24-16-33-17-25(34-24)36-15-5-6-21(18-36)40-22-7-3-4-8-23(22)41-29(30,31)32/h3-4,7-10,12-13,16-17,21H,5-6,11,14-15,18H2,1-2H3,(H,38,39)(H,34,35,37)/t21-/m1/s1. The van der Waals surface area contributed by atoms with E-state index < -0.39 is 29.6 Å². The van der Waals surface area contributed by atoms with Crippen LogP contribution in [-0.2, 0) is 21.4 Å². The van der Waals surface area contributed by atoms with Gasteiger partial charge in [-0.1, -0.05) is 36.4 Å². The maximum absolute atomic E-state index is 12.8. The van der Waals surface area contributed by atoms with Gasteiger partial charge in [0.05, 0.1) is 24.4 Å². The zero-order chi connectivity index (χ0) is 29.6. The Morgan fingerprint density at radius 2 is 1.78 bits per heavy atom. The number of carboxylic acid groups (broad SMARTS) is 1. The molecule has 1 saturated heterocycles. The highest BCUT2D eigenvalue weighted by molar-refractivity contribution is 5.89. The van der Waals surface area contributed by atoms with Crippen LogP contribution in [0.1, 0.15) is 44.2 Å². The number of amides is 1. The Labute approximate surface area is 235 Å². The molecule has 218 valence electrons. The van der Waals surface area contributed by atoms with Crippen LogP contribution in [0.25, 0.3) is 0 Å². The number of halogens is 3. The predicted octanol–water partition coefficient (Wildman–Crippen LogP) is 5.36. The fraction of sp³-hybridized carbons (Fsp3) is 0.379. The number of piperidine rings is 1. The van der Waals surface area contributed by atoms with Crippen molar-refractivity contribution in [1.29, 1.82) is 0 Å². The van der Waals surface area contributed by atoms with E-state index in [4.69, 9.17) is 4.74 Å². The smallest absolute Gasteiger partial charge is 0.485 e. The molecule has 41 heavy (non-hydrogen) atoms. The van der Waals surface area contributed by atoms with E-state index in [0.717, 1.165) is 5.56 Å². The fourth-order valence-corrected chi connectivity index (χ4v) is 4.42. The first kappa shape index (κ1) is 29.6. The molecule has 0 aliphatic carbocycles. The third-order valence-corrected chi connectivity index (χ3v) is 6.81. The zero-order valence-corrected chi connectivity index (χ0v) is 22.6. The van der Waals surface area contributed by atoms with Crippen molar-refractivity contribution in [3.8, 4) is 11.5 Å². The van der Waals surface area contributed by atoms with Gasteiger partial charge in [0.1, 0.15) is 11.9 Å². The molecule has 0 bridgehead atoms. The van der Waals surface area contributed by atoms with Crippen LogP contribution in [-0.4, -0.2) is 52.5 Å². The first-order chi connectivity index (χ1) is 19.4. The maximum atomic E-state index is 12.8. The molecule has 2 heterocycles. The molecule has 4 rings (SSSR count). The minimum absolute atomic E-state index is 0.00371. The Kier molecular flexibility index (Phi) is 8.99. The Balaban J connectivity index is 1.33. The van der Waals surface area contributed by atoms with Gasteiger partial charge in [-0.05, 0) is 56.4 Å². The van der Waals surface area contributed by atoms with Crippen molar-refractivity contribution in [1.82, 2.24) is 9.97 Å². The van der Waals surface area contributed by atoms with Crippen molar-refractivity contribution in [2.45, 2.75) is 57.4 Å². The molecule has 0 saturated carbocycles. The second-order valence-electron chi connectivity index (χ2n) is 10.3. The number of nitrogens with zero attached hydrogens (tertiary/aromatic N) is 3. The van der Waals surface area contributed by atoms with Gasteiger partial charge in [-0.25, -0.2) is 4.98 Å². The first-order valence-corrected chi connectivity index (χ1v) is 13.1. The number of ether oxygens (including phenoxy) is 2. The summed E-state index contributed by atoms with van der Waals surface area (Å²) in [6, 6.07) is 12.8. The highest BCUT2D eigenvalue weighted by Gasteiger charge is 2.33. The molecule has 1 fully saturated rings. The van der Waals surface area contributed by atoms with Gasteiger partial charge in [0.25, 0.3) is 0 Å². The molecular formula is C29H31F3N4O5. The number of nitrogens with one attached hydrogen (secondary N) is 1. The number of hydrogen-bond acceptors (Lipinski definition) is 7. The quantitative estimate of drug-likeness (QED) is 0.334. The van der Waals surface area contributed by atoms with E-state index in [1.165, 1.54) is 24.4 Å². The molecule has 9 nitrogen and oxygen atoms in total. The molecule has 1 aromatic heterocycles. The number of carboxylic acids is 1. The van der Waals surface area contributed by atoms with Crippen molar-refractivity contribution < 1.29 is 37.3 Å². The lowest BCUT2D eigenvalue weighted by molar-refractivity contribution is -0.275. The van der Waals surface area contributed by atoms with Crippen LogP contribution < -0.4 is 19.7 Å². The zero-order valence-electron chi connectivity index (χ0n) is 22.6. The number of benzene rings is 2. The predicted molar refractivity (Wildman–Crippen MR) is 145 cm³/mol. The molecule has 3 aromatic rings. The van der Waals surface area contributed by atoms with Crippen LogP contribution in [0.3, 0.4) is 0 Å². The van der Waals surface area contributed by atoms with E-state index in [9.17, 15) is 27.9 Å². The SMILES string of the molecule is CC(C)(C(=O)O)c1ccc(CCC(=O)Nc2cncc(N3CCC[C@@H](Oc4ccccc4OC(F)(F)F)C3)n2)cc1. The number of hydrogen-bond donors (Lipinski definition) is 2. The maximum Gasteiger partial charge on any atom is 0.573 e. The Bertz CT molecular complexity index is 1370. The lowest BCUT2D eigenvalue weighted by Gasteiger charge is -2.33. The number of para-hydroxylation sites is 2. The van der Waals surface area contributed by atoms with Gasteiger partial charge in [-0.15, -0.1) is 13.2 Å². The number of aromatic nitrogens is 2. The van der Waals surface area contributed by atoms with E-state index in [1.54, 1.807) is 38.2 Å². The van der Waals surface area contributed by atoms with Crippen LogP contribution in [0, 0.1) is 0 Å². The molecule has 0 radical (unpaired) electrons. The van der Waals surface area contributed by atoms with Crippen molar-refractivity contribution in [2.24, 2.45) is 0 Å². The van der Waals surface area contributed by atoms with Gasteiger partial charge in [0, 0.05) is 13.0 Å². The number of anilines is 2. The monoisotopic (exact) mass is 572 g/mol. The highest BCUT2D eigenvalue weighted by Crippen LogP contribution is 2.34. The molecular weight excluding hydrogens is 541 g/mol. The van der Waals surface area contributed by atoms with Gasteiger partial charge < -0.3 is 24.8 Å². The summed E-state index contributed by atoms with van der Waals surface area (Å²) >= 11 is 0. The molecule has 2 N–H and O–H groups in total. The van der Waals surface area contributed by atoms with Crippen LogP contribution in [0.4, 0.5) is 24.8 Å². The van der Waals surface area contributed by atoms with E-state index >= 15 is 0 Å². The van der Waals surface area contributed by atoms with Crippen LogP contribution in [0.15, 0.2) is 60.9 Å². The number of alkyl halides is 3. The second-order valence-corrected chi connectivity index (χ2v) is 10.3. The van der Waals surface area contributed by atoms with Crippen LogP contribution in [0.5, 0.6) is 11.5 Å². The molecule has 1 aliphatic rings. The largest absolute Gasteiger partial charge is 0.573 e. The topological polar surface area (TPSA) is 114 Å². The minimum atomic E-state index is -4.83. The Morgan fingerprint density at radius 1 is 1.07 bits per heavy atom. The number of rotatable bonds is 10. The highest BCUT2D eigenvalue weighted by atomic mass is 19.4. The van der Waals surface area contributed by atoms with Crippen molar-refractivity contribution in [3.05, 3.63) is 72.1 Å². The Hall–Kier alpha value is -4.35. The van der Waals surface area contributed by atoms with Gasteiger partial charge in [0.15, 0.2) is 17.3 Å². The summed E-state index contributed by atoms with van der Waals surface area (Å²) in [7, 11) is 0. The number of carbonyl (C=O) groups excluding carboxylic acids is 1.